The monoisotopic (exact) mass is 412 g/mol. The summed E-state index contributed by atoms with van der Waals surface area (Å²) in [6, 6.07) is 0. The van der Waals surface area contributed by atoms with Crippen LogP contribution in [0.3, 0.4) is 0 Å². The zero-order valence-electron chi connectivity index (χ0n) is 15.3. The molecule has 2 aliphatic heterocycles. The van der Waals surface area contributed by atoms with E-state index in [0.717, 1.165) is 0 Å². The van der Waals surface area contributed by atoms with E-state index < -0.39 is 80.4 Å². The van der Waals surface area contributed by atoms with Crippen LogP contribution in [0.1, 0.15) is 13.3 Å². The summed E-state index contributed by atoms with van der Waals surface area (Å²) in [7, 11) is 0. The van der Waals surface area contributed by atoms with E-state index in [2.05, 4.69) is 0 Å². The normalized spacial score (nSPS) is 43.9. The van der Waals surface area contributed by atoms with Crippen molar-refractivity contribution in [1.82, 2.24) is 0 Å². The Morgan fingerprint density at radius 3 is 2.46 bits per heavy atom. The first-order valence-corrected chi connectivity index (χ1v) is 8.90. The molecule has 0 saturated carbocycles. The van der Waals surface area contributed by atoms with Gasteiger partial charge in [-0.15, -0.1) is 0 Å². The Kier molecular flexibility index (Phi) is 8.10. The van der Waals surface area contributed by atoms with Crippen molar-refractivity contribution in [3.63, 3.8) is 0 Å². The molecule has 0 radical (unpaired) electrons. The van der Waals surface area contributed by atoms with E-state index in [9.17, 15) is 35.4 Å². The van der Waals surface area contributed by atoms with Gasteiger partial charge in [-0.05, 0) is 0 Å². The van der Waals surface area contributed by atoms with E-state index in [1.807, 2.05) is 0 Å². The average Bonchev–Trinajstić information content (AvgIpc) is 2.67. The second-order valence-corrected chi connectivity index (χ2v) is 7.05. The minimum absolute atomic E-state index is 0.0315. The molecule has 2 saturated heterocycles. The third kappa shape index (κ3) is 4.79. The minimum atomic E-state index is -2.31. The molecule has 28 heavy (non-hydrogen) atoms. The second kappa shape index (κ2) is 9.71. The molecule has 0 bridgehead atoms. The van der Waals surface area contributed by atoms with Crippen molar-refractivity contribution >= 4 is 6.47 Å². The van der Waals surface area contributed by atoms with E-state index in [-0.39, 0.29) is 13.1 Å². The molecule has 0 spiro atoms. The molecule has 164 valence electrons. The molecule has 0 aliphatic carbocycles. The quantitative estimate of drug-likeness (QED) is 0.150. The average molecular weight is 412 g/mol. The molecule has 2 heterocycles. The Morgan fingerprint density at radius 2 is 1.89 bits per heavy atom. The lowest BCUT2D eigenvalue weighted by Crippen LogP contribution is -2.63. The first-order valence-electron chi connectivity index (χ1n) is 8.90. The fourth-order valence-electron chi connectivity index (χ4n) is 3.36. The number of aliphatic hydroxyl groups is 7. The summed E-state index contributed by atoms with van der Waals surface area (Å²) >= 11 is 0. The molecule has 2 fully saturated rings. The van der Waals surface area contributed by atoms with E-state index >= 15 is 0 Å². The summed E-state index contributed by atoms with van der Waals surface area (Å²) in [6.07, 6.45) is -11.7. The molecule has 2 rings (SSSR count). The molecule has 2 aliphatic rings. The predicted octanol–water partition coefficient (Wildman–Crippen LogP) is -4.19. The molecule has 7 N–H and O–H groups in total. The third-order valence-corrected chi connectivity index (χ3v) is 5.12. The van der Waals surface area contributed by atoms with Gasteiger partial charge in [0.25, 0.3) is 6.47 Å². The summed E-state index contributed by atoms with van der Waals surface area (Å²) in [5, 5.41) is 69.0. The van der Waals surface area contributed by atoms with Crippen LogP contribution in [0.25, 0.3) is 0 Å². The zero-order valence-corrected chi connectivity index (χ0v) is 15.3. The smallest absolute Gasteiger partial charge is 0.332 e. The highest BCUT2D eigenvalue weighted by Crippen LogP contribution is 2.38. The lowest BCUT2D eigenvalue weighted by Gasteiger charge is -2.48. The van der Waals surface area contributed by atoms with Crippen LogP contribution in [0.5, 0.6) is 0 Å². The Labute approximate surface area is 160 Å². The lowest BCUT2D eigenvalue weighted by atomic mass is 9.87. The summed E-state index contributed by atoms with van der Waals surface area (Å²) in [5.74, 6) is -3.06. The van der Waals surface area contributed by atoms with Gasteiger partial charge in [0.15, 0.2) is 0 Å². The highest BCUT2D eigenvalue weighted by atomic mass is 16.9. The molecule has 0 aromatic heterocycles. The van der Waals surface area contributed by atoms with Gasteiger partial charge in [-0.1, -0.05) is 6.92 Å². The predicted molar refractivity (Wildman–Crippen MR) is 87.4 cm³/mol. The number of aliphatic hydroxyl groups excluding tert-OH is 7. The maximum atomic E-state index is 11.1. The van der Waals surface area contributed by atoms with Crippen LogP contribution in [0.15, 0.2) is 0 Å². The minimum Gasteiger partial charge on any atom is -0.410 e. The standard InChI is InChI=1S/C16H28O12/c1-7-8(20)2-16(26-6-19,27-14(7)12(23)9(21)3-17)28-15-10(22)5-25-11(4-18)13(15)24/h6-15,17-18,20-24H,2-5H2,1H3. The van der Waals surface area contributed by atoms with Gasteiger partial charge < -0.3 is 54.7 Å². The van der Waals surface area contributed by atoms with E-state index in [4.69, 9.17) is 24.1 Å². The molecule has 10 atom stereocenters. The lowest BCUT2D eigenvalue weighted by molar-refractivity contribution is -0.438. The second-order valence-electron chi connectivity index (χ2n) is 7.05. The highest BCUT2D eigenvalue weighted by molar-refractivity contribution is 5.37. The largest absolute Gasteiger partial charge is 0.410 e. The maximum Gasteiger partial charge on any atom is 0.332 e. The summed E-state index contributed by atoms with van der Waals surface area (Å²) < 4.78 is 21.1. The van der Waals surface area contributed by atoms with Crippen LogP contribution in [0.2, 0.25) is 0 Å². The van der Waals surface area contributed by atoms with Crippen molar-refractivity contribution < 1.29 is 59.5 Å². The van der Waals surface area contributed by atoms with E-state index in [0.29, 0.717) is 0 Å². The van der Waals surface area contributed by atoms with Crippen molar-refractivity contribution in [1.29, 1.82) is 0 Å². The topological polar surface area (TPSA) is 196 Å². The molecule has 12 nitrogen and oxygen atoms in total. The maximum absolute atomic E-state index is 11.1. The summed E-state index contributed by atoms with van der Waals surface area (Å²) in [4.78, 5) is 11.1. The van der Waals surface area contributed by atoms with Gasteiger partial charge in [-0.3, -0.25) is 4.79 Å². The van der Waals surface area contributed by atoms with E-state index in [1.165, 1.54) is 6.92 Å². The molecule has 10 unspecified atom stereocenters. The zero-order chi connectivity index (χ0) is 21.1. The van der Waals surface area contributed by atoms with Crippen molar-refractivity contribution in [3.8, 4) is 0 Å². The fourth-order valence-corrected chi connectivity index (χ4v) is 3.36. The van der Waals surface area contributed by atoms with Gasteiger partial charge in [-0.25, -0.2) is 0 Å². The third-order valence-electron chi connectivity index (χ3n) is 5.12. The highest BCUT2D eigenvalue weighted by Gasteiger charge is 2.54. The van der Waals surface area contributed by atoms with Crippen LogP contribution >= 0.6 is 0 Å². The van der Waals surface area contributed by atoms with E-state index in [1.54, 1.807) is 0 Å². The Morgan fingerprint density at radius 1 is 1.21 bits per heavy atom. The Bertz CT molecular complexity index is 506. The van der Waals surface area contributed by atoms with Crippen molar-refractivity contribution in [2.75, 3.05) is 19.8 Å². The molecule has 0 aromatic rings. The first kappa shape index (κ1) is 23.3. The fraction of sp³-hybridized carbons (Fsp3) is 0.938. The Balaban J connectivity index is 2.28. The molecular weight excluding hydrogens is 384 g/mol. The molecule has 0 aromatic carbocycles. The SMILES string of the molecule is CC1C(O)CC(OC=O)(OC2C(O)COC(CO)C2O)OC1C(O)C(O)CO. The number of hydrogen-bond donors (Lipinski definition) is 7. The van der Waals surface area contributed by atoms with Gasteiger partial charge in [0, 0.05) is 5.92 Å². The molecular formula is C16H28O12. The number of carbonyl (C=O) groups is 1. The van der Waals surface area contributed by atoms with Crippen LogP contribution in [0.4, 0.5) is 0 Å². The summed E-state index contributed by atoms with van der Waals surface area (Å²) in [5.41, 5.74) is 0. The van der Waals surface area contributed by atoms with Gasteiger partial charge >= 0.3 is 5.97 Å². The van der Waals surface area contributed by atoms with Gasteiger partial charge in [0.2, 0.25) is 0 Å². The van der Waals surface area contributed by atoms with Crippen LogP contribution in [-0.4, -0.2) is 117 Å². The van der Waals surface area contributed by atoms with Crippen LogP contribution in [-0.2, 0) is 23.7 Å². The first-order chi connectivity index (χ1) is 13.2. The Hall–Kier alpha value is -0.930. The number of rotatable bonds is 8. The van der Waals surface area contributed by atoms with Gasteiger partial charge in [0.1, 0.15) is 36.6 Å². The van der Waals surface area contributed by atoms with Gasteiger partial charge in [0.05, 0.1) is 38.4 Å². The molecule has 12 heteroatoms. The number of hydrogen-bond acceptors (Lipinski definition) is 12. The van der Waals surface area contributed by atoms with Crippen molar-refractivity contribution in [3.05, 3.63) is 0 Å². The number of ether oxygens (including phenoxy) is 4. The summed E-state index contributed by atoms with van der Waals surface area (Å²) in [6.45, 7) is -0.177. The van der Waals surface area contributed by atoms with Gasteiger partial charge in [-0.2, -0.15) is 0 Å². The van der Waals surface area contributed by atoms with Crippen molar-refractivity contribution in [2.24, 2.45) is 5.92 Å². The van der Waals surface area contributed by atoms with Crippen LogP contribution < -0.4 is 0 Å². The van der Waals surface area contributed by atoms with Crippen LogP contribution in [0, 0.1) is 5.92 Å². The van der Waals surface area contributed by atoms with Crippen molar-refractivity contribution in [2.45, 2.75) is 68.1 Å². The molecule has 0 amide bonds. The number of carbonyl (C=O) groups excluding carboxylic acids is 1.